The second-order valence-electron chi connectivity index (χ2n) is 5.37. The van der Waals surface area contributed by atoms with Crippen molar-refractivity contribution in [1.82, 2.24) is 15.0 Å². The Morgan fingerprint density at radius 1 is 1.08 bits per heavy atom. The third-order valence-electron chi connectivity index (χ3n) is 3.40. The molecule has 0 saturated heterocycles. The molecule has 0 aliphatic rings. The lowest BCUT2D eigenvalue weighted by Gasteiger charge is -2.10. The summed E-state index contributed by atoms with van der Waals surface area (Å²) < 4.78 is 0. The van der Waals surface area contributed by atoms with Crippen molar-refractivity contribution in [3.63, 3.8) is 0 Å². The first-order valence-corrected chi connectivity index (χ1v) is 7.70. The topological polar surface area (TPSA) is 100 Å². The highest BCUT2D eigenvalue weighted by Crippen LogP contribution is 2.19. The minimum Gasteiger partial charge on any atom is -0.478 e. The number of carboxylic acids is 1. The fourth-order valence-electron chi connectivity index (χ4n) is 2.28. The summed E-state index contributed by atoms with van der Waals surface area (Å²) in [5, 5.41) is 15.4. The molecule has 0 atom stereocenters. The highest BCUT2D eigenvalue weighted by molar-refractivity contribution is 5.89. The van der Waals surface area contributed by atoms with Crippen molar-refractivity contribution < 1.29 is 9.90 Å². The summed E-state index contributed by atoms with van der Waals surface area (Å²) >= 11 is 0. The maximum atomic E-state index is 11.1. The molecule has 2 heterocycles. The molecular weight excluding hydrogens is 318 g/mol. The van der Waals surface area contributed by atoms with E-state index in [1.807, 2.05) is 18.2 Å². The molecule has 7 heteroatoms. The van der Waals surface area contributed by atoms with Crippen LogP contribution in [0.25, 0.3) is 0 Å². The van der Waals surface area contributed by atoms with Crippen LogP contribution in [0, 0.1) is 6.92 Å². The Morgan fingerprint density at radius 3 is 2.68 bits per heavy atom. The van der Waals surface area contributed by atoms with E-state index in [1.165, 1.54) is 0 Å². The number of pyridine rings is 1. The van der Waals surface area contributed by atoms with Crippen molar-refractivity contribution in [2.24, 2.45) is 0 Å². The van der Waals surface area contributed by atoms with E-state index in [0.29, 0.717) is 29.7 Å². The van der Waals surface area contributed by atoms with Crippen LogP contribution in [-0.2, 0) is 6.54 Å². The van der Waals surface area contributed by atoms with Gasteiger partial charge in [0.25, 0.3) is 0 Å². The number of aryl methyl sites for hydroxylation is 1. The van der Waals surface area contributed by atoms with Gasteiger partial charge in [0, 0.05) is 18.0 Å². The van der Waals surface area contributed by atoms with E-state index >= 15 is 0 Å². The van der Waals surface area contributed by atoms with Crippen molar-refractivity contribution in [2.45, 2.75) is 13.5 Å². The Kier molecular flexibility index (Phi) is 4.84. The summed E-state index contributed by atoms with van der Waals surface area (Å²) in [5.41, 5.74) is 1.76. The van der Waals surface area contributed by atoms with Crippen molar-refractivity contribution in [2.75, 3.05) is 10.6 Å². The number of aromatic nitrogens is 3. The Balaban J connectivity index is 1.75. The Bertz CT molecular complexity index is 884. The molecule has 0 saturated carbocycles. The van der Waals surface area contributed by atoms with E-state index in [-0.39, 0.29) is 5.56 Å². The van der Waals surface area contributed by atoms with Crippen LogP contribution in [0.4, 0.5) is 17.3 Å². The molecule has 3 rings (SSSR count). The zero-order chi connectivity index (χ0) is 17.6. The fraction of sp³-hybridized carbons (Fsp3) is 0.111. The number of carboxylic acid groups (broad SMARTS) is 1. The quantitative estimate of drug-likeness (QED) is 0.636. The smallest absolute Gasteiger partial charge is 0.335 e. The van der Waals surface area contributed by atoms with E-state index in [4.69, 9.17) is 5.11 Å². The first-order chi connectivity index (χ1) is 12.1. The molecule has 3 aromatic rings. The standard InChI is InChI=1S/C18H17N5O2/c1-12-21-16(20-11-15-6-2-3-8-19-15)10-17(22-12)23-14-7-4-5-13(9-14)18(24)25/h2-10H,11H2,1H3,(H,24,25)(H2,20,21,22,23). The van der Waals surface area contributed by atoms with Gasteiger partial charge in [0.15, 0.2) is 0 Å². The molecule has 126 valence electrons. The van der Waals surface area contributed by atoms with Crippen molar-refractivity contribution in [3.8, 4) is 0 Å². The monoisotopic (exact) mass is 335 g/mol. The molecule has 1 aromatic carbocycles. The van der Waals surface area contributed by atoms with Crippen LogP contribution in [0.5, 0.6) is 0 Å². The minimum atomic E-state index is -0.972. The summed E-state index contributed by atoms with van der Waals surface area (Å²) in [6.45, 7) is 2.34. The van der Waals surface area contributed by atoms with Crippen molar-refractivity contribution in [3.05, 3.63) is 71.8 Å². The van der Waals surface area contributed by atoms with Gasteiger partial charge in [-0.3, -0.25) is 4.98 Å². The van der Waals surface area contributed by atoms with E-state index in [2.05, 4.69) is 25.6 Å². The van der Waals surface area contributed by atoms with Crippen LogP contribution in [0.3, 0.4) is 0 Å². The number of aromatic carboxylic acids is 1. The van der Waals surface area contributed by atoms with Gasteiger partial charge in [-0.25, -0.2) is 14.8 Å². The SMILES string of the molecule is Cc1nc(NCc2ccccn2)cc(Nc2cccc(C(=O)O)c2)n1. The summed E-state index contributed by atoms with van der Waals surface area (Å²) in [6, 6.07) is 14.1. The second-order valence-corrected chi connectivity index (χ2v) is 5.37. The zero-order valence-electron chi connectivity index (χ0n) is 13.6. The largest absolute Gasteiger partial charge is 0.478 e. The lowest BCUT2D eigenvalue weighted by atomic mass is 10.2. The first-order valence-electron chi connectivity index (χ1n) is 7.70. The molecular formula is C18H17N5O2. The van der Waals surface area contributed by atoms with Gasteiger partial charge >= 0.3 is 5.97 Å². The van der Waals surface area contributed by atoms with Crippen molar-refractivity contribution >= 4 is 23.3 Å². The highest BCUT2D eigenvalue weighted by atomic mass is 16.4. The van der Waals surface area contributed by atoms with Gasteiger partial charge in [0.2, 0.25) is 0 Å². The molecule has 0 amide bonds. The number of nitrogens with zero attached hydrogens (tertiary/aromatic N) is 3. The van der Waals surface area contributed by atoms with E-state index in [1.54, 1.807) is 43.5 Å². The van der Waals surface area contributed by atoms with E-state index in [9.17, 15) is 4.79 Å². The summed E-state index contributed by atoms with van der Waals surface area (Å²) in [7, 11) is 0. The van der Waals surface area contributed by atoms with Crippen LogP contribution < -0.4 is 10.6 Å². The Labute approximate surface area is 144 Å². The first kappa shape index (κ1) is 16.4. The predicted molar refractivity (Wildman–Crippen MR) is 95.0 cm³/mol. The van der Waals surface area contributed by atoms with Gasteiger partial charge in [-0.1, -0.05) is 12.1 Å². The lowest BCUT2D eigenvalue weighted by molar-refractivity contribution is 0.0697. The molecule has 0 aliphatic heterocycles. The molecule has 7 nitrogen and oxygen atoms in total. The molecule has 0 bridgehead atoms. The van der Waals surface area contributed by atoms with Crippen LogP contribution >= 0.6 is 0 Å². The zero-order valence-corrected chi connectivity index (χ0v) is 13.6. The normalized spacial score (nSPS) is 10.3. The molecule has 3 N–H and O–H groups in total. The summed E-state index contributed by atoms with van der Waals surface area (Å²) in [4.78, 5) is 24.0. The number of rotatable bonds is 6. The lowest BCUT2D eigenvalue weighted by Crippen LogP contribution is -2.06. The third-order valence-corrected chi connectivity index (χ3v) is 3.40. The van der Waals surface area contributed by atoms with E-state index in [0.717, 1.165) is 5.69 Å². The maximum absolute atomic E-state index is 11.1. The number of benzene rings is 1. The van der Waals surface area contributed by atoms with Gasteiger partial charge in [-0.2, -0.15) is 0 Å². The molecule has 0 aliphatic carbocycles. The van der Waals surface area contributed by atoms with E-state index < -0.39 is 5.97 Å². The molecule has 0 unspecified atom stereocenters. The van der Waals surface area contributed by atoms with Crippen molar-refractivity contribution in [1.29, 1.82) is 0 Å². The summed E-state index contributed by atoms with van der Waals surface area (Å²) in [6.07, 6.45) is 1.74. The molecule has 0 fully saturated rings. The van der Waals surface area contributed by atoms with Gasteiger partial charge in [0.1, 0.15) is 17.5 Å². The average molecular weight is 335 g/mol. The number of nitrogens with one attached hydrogen (secondary N) is 2. The van der Waals surface area contributed by atoms with Crippen LogP contribution in [0.15, 0.2) is 54.7 Å². The van der Waals surface area contributed by atoms with Gasteiger partial charge < -0.3 is 15.7 Å². The number of hydrogen-bond donors (Lipinski definition) is 3. The predicted octanol–water partition coefficient (Wildman–Crippen LogP) is 3.23. The summed E-state index contributed by atoms with van der Waals surface area (Å²) in [5.74, 6) is 0.872. The fourth-order valence-corrected chi connectivity index (χ4v) is 2.28. The number of anilines is 3. The highest BCUT2D eigenvalue weighted by Gasteiger charge is 2.06. The van der Waals surface area contributed by atoms with Crippen LogP contribution in [-0.4, -0.2) is 26.0 Å². The third kappa shape index (κ3) is 4.51. The molecule has 2 aromatic heterocycles. The van der Waals surface area contributed by atoms with Crippen LogP contribution in [0.1, 0.15) is 21.9 Å². The second kappa shape index (κ2) is 7.39. The molecule has 0 radical (unpaired) electrons. The maximum Gasteiger partial charge on any atom is 0.335 e. The van der Waals surface area contributed by atoms with Crippen LogP contribution in [0.2, 0.25) is 0 Å². The van der Waals surface area contributed by atoms with Gasteiger partial charge in [-0.15, -0.1) is 0 Å². The average Bonchev–Trinajstić information content (AvgIpc) is 2.60. The Hall–Kier alpha value is -3.48. The number of hydrogen-bond acceptors (Lipinski definition) is 6. The molecule has 25 heavy (non-hydrogen) atoms. The number of carbonyl (C=O) groups is 1. The Morgan fingerprint density at radius 2 is 1.92 bits per heavy atom. The minimum absolute atomic E-state index is 0.212. The molecule has 0 spiro atoms. The van der Waals surface area contributed by atoms with Gasteiger partial charge in [0.05, 0.1) is 17.8 Å². The van der Waals surface area contributed by atoms with Gasteiger partial charge in [-0.05, 0) is 37.3 Å².